The Labute approximate surface area is 174 Å². The minimum atomic E-state index is -0.348. The zero-order valence-corrected chi connectivity index (χ0v) is 16.2. The summed E-state index contributed by atoms with van der Waals surface area (Å²) in [5, 5.41) is 10.9. The van der Waals surface area contributed by atoms with Crippen LogP contribution in [-0.4, -0.2) is 22.3 Å². The fourth-order valence-electron chi connectivity index (χ4n) is 2.97. The standard InChI is InChI=1S/C25H20N4O/c30-25(29-26-17-7-10-19-8-3-1-4-9-19)24-18-23(27-28-24)22-15-13-21(14-16-22)20-11-5-2-6-12-20/h1-18H,(H,27,28)(H,29,30)/b10-7+,26-17-. The van der Waals surface area contributed by atoms with Gasteiger partial charge in [-0.05, 0) is 28.8 Å². The summed E-state index contributed by atoms with van der Waals surface area (Å²) in [5.74, 6) is -0.348. The number of amides is 1. The van der Waals surface area contributed by atoms with Crippen molar-refractivity contribution in [3.8, 4) is 22.4 Å². The Hall–Kier alpha value is -4.25. The number of allylic oxidation sites excluding steroid dienone is 1. The normalized spacial score (nSPS) is 11.2. The second kappa shape index (κ2) is 9.30. The van der Waals surface area contributed by atoms with Gasteiger partial charge in [-0.2, -0.15) is 10.2 Å². The van der Waals surface area contributed by atoms with Gasteiger partial charge in [0.2, 0.25) is 0 Å². The summed E-state index contributed by atoms with van der Waals surface area (Å²) < 4.78 is 0. The quantitative estimate of drug-likeness (QED) is 0.351. The molecule has 0 atom stereocenters. The number of aromatic amines is 1. The number of rotatable bonds is 6. The lowest BCUT2D eigenvalue weighted by Gasteiger charge is -2.02. The average molecular weight is 392 g/mol. The summed E-state index contributed by atoms with van der Waals surface area (Å²) in [6.45, 7) is 0. The summed E-state index contributed by atoms with van der Waals surface area (Å²) in [5.41, 5.74) is 7.82. The molecule has 146 valence electrons. The first kappa shape index (κ1) is 19.1. The minimum Gasteiger partial charge on any atom is -0.272 e. The van der Waals surface area contributed by atoms with Crippen LogP contribution in [0.4, 0.5) is 0 Å². The minimum absolute atomic E-state index is 0.348. The third-order valence-electron chi connectivity index (χ3n) is 4.53. The molecule has 0 saturated carbocycles. The molecular formula is C25H20N4O. The van der Waals surface area contributed by atoms with Gasteiger partial charge in [0.25, 0.3) is 5.91 Å². The molecule has 0 aliphatic rings. The number of carbonyl (C=O) groups is 1. The molecule has 30 heavy (non-hydrogen) atoms. The van der Waals surface area contributed by atoms with Gasteiger partial charge in [0, 0.05) is 11.8 Å². The van der Waals surface area contributed by atoms with Crippen molar-refractivity contribution in [2.24, 2.45) is 5.10 Å². The van der Waals surface area contributed by atoms with Crippen molar-refractivity contribution in [3.63, 3.8) is 0 Å². The Kier molecular flexibility index (Phi) is 5.91. The van der Waals surface area contributed by atoms with Gasteiger partial charge in [0.05, 0.1) is 5.69 Å². The third-order valence-corrected chi connectivity index (χ3v) is 4.53. The topological polar surface area (TPSA) is 70.1 Å². The Morgan fingerprint density at radius 1 is 0.833 bits per heavy atom. The van der Waals surface area contributed by atoms with E-state index in [1.165, 1.54) is 6.21 Å². The maximum Gasteiger partial charge on any atom is 0.289 e. The summed E-state index contributed by atoms with van der Waals surface area (Å²) >= 11 is 0. The summed E-state index contributed by atoms with van der Waals surface area (Å²) in [7, 11) is 0. The number of hydrogen-bond donors (Lipinski definition) is 2. The number of hydrazone groups is 1. The van der Waals surface area contributed by atoms with Crippen molar-refractivity contribution in [1.29, 1.82) is 0 Å². The monoisotopic (exact) mass is 392 g/mol. The SMILES string of the molecule is O=C(N/N=C\C=C\c1ccccc1)c1cc(-c2ccc(-c3ccccc3)cc2)n[nH]1. The molecule has 0 unspecified atom stereocenters. The zero-order valence-electron chi connectivity index (χ0n) is 16.2. The highest BCUT2D eigenvalue weighted by Crippen LogP contribution is 2.24. The van der Waals surface area contributed by atoms with E-state index in [1.54, 1.807) is 12.1 Å². The summed E-state index contributed by atoms with van der Waals surface area (Å²) in [6.07, 6.45) is 5.20. The van der Waals surface area contributed by atoms with Gasteiger partial charge in [-0.3, -0.25) is 9.89 Å². The lowest BCUT2D eigenvalue weighted by atomic mass is 10.0. The van der Waals surface area contributed by atoms with Crippen LogP contribution < -0.4 is 5.43 Å². The van der Waals surface area contributed by atoms with E-state index in [0.29, 0.717) is 11.4 Å². The Morgan fingerprint density at radius 2 is 1.47 bits per heavy atom. The lowest BCUT2D eigenvalue weighted by molar-refractivity contribution is 0.0950. The maximum atomic E-state index is 12.2. The van der Waals surface area contributed by atoms with Gasteiger partial charge in [0.1, 0.15) is 5.69 Å². The molecule has 0 saturated heterocycles. The van der Waals surface area contributed by atoms with Crippen LogP contribution in [0.2, 0.25) is 0 Å². The number of nitrogens with zero attached hydrogens (tertiary/aromatic N) is 2. The van der Waals surface area contributed by atoms with E-state index in [1.807, 2.05) is 78.9 Å². The second-order valence-corrected chi connectivity index (χ2v) is 6.60. The Morgan fingerprint density at radius 3 is 2.20 bits per heavy atom. The molecule has 1 heterocycles. The van der Waals surface area contributed by atoms with E-state index in [2.05, 4.69) is 32.9 Å². The van der Waals surface area contributed by atoms with Crippen LogP contribution in [0.15, 0.2) is 102 Å². The number of aromatic nitrogens is 2. The summed E-state index contributed by atoms with van der Waals surface area (Å²) in [4.78, 5) is 12.2. The highest BCUT2D eigenvalue weighted by molar-refractivity contribution is 5.94. The van der Waals surface area contributed by atoms with Gasteiger partial charge in [-0.1, -0.05) is 91.0 Å². The van der Waals surface area contributed by atoms with E-state index in [9.17, 15) is 4.79 Å². The van der Waals surface area contributed by atoms with Crippen molar-refractivity contribution < 1.29 is 4.79 Å². The van der Waals surface area contributed by atoms with E-state index >= 15 is 0 Å². The molecule has 0 fully saturated rings. The molecule has 0 bridgehead atoms. The van der Waals surface area contributed by atoms with Crippen LogP contribution in [0.1, 0.15) is 16.1 Å². The van der Waals surface area contributed by atoms with Gasteiger partial charge in [-0.15, -0.1) is 0 Å². The highest BCUT2D eigenvalue weighted by atomic mass is 16.2. The maximum absolute atomic E-state index is 12.2. The molecule has 4 aromatic rings. The van der Waals surface area contributed by atoms with Crippen molar-refractivity contribution in [2.75, 3.05) is 0 Å². The summed E-state index contributed by atoms with van der Waals surface area (Å²) in [6, 6.07) is 29.8. The molecule has 1 aromatic heterocycles. The van der Waals surface area contributed by atoms with E-state index in [-0.39, 0.29) is 5.91 Å². The van der Waals surface area contributed by atoms with E-state index < -0.39 is 0 Å². The highest BCUT2D eigenvalue weighted by Gasteiger charge is 2.10. The fourth-order valence-corrected chi connectivity index (χ4v) is 2.97. The molecular weight excluding hydrogens is 372 g/mol. The van der Waals surface area contributed by atoms with Crippen LogP contribution in [-0.2, 0) is 0 Å². The van der Waals surface area contributed by atoms with Crippen LogP contribution >= 0.6 is 0 Å². The molecule has 0 radical (unpaired) electrons. The molecule has 4 rings (SSSR count). The Balaban J connectivity index is 1.37. The molecule has 1 amide bonds. The van der Waals surface area contributed by atoms with Crippen LogP contribution in [0.5, 0.6) is 0 Å². The van der Waals surface area contributed by atoms with E-state index in [0.717, 1.165) is 22.3 Å². The lowest BCUT2D eigenvalue weighted by Crippen LogP contribution is -2.17. The number of nitrogens with one attached hydrogen (secondary N) is 2. The first-order valence-corrected chi connectivity index (χ1v) is 9.56. The van der Waals surface area contributed by atoms with Gasteiger partial charge >= 0.3 is 0 Å². The molecule has 0 aliphatic heterocycles. The van der Waals surface area contributed by atoms with Crippen LogP contribution in [0.3, 0.4) is 0 Å². The van der Waals surface area contributed by atoms with Crippen molar-refractivity contribution in [1.82, 2.24) is 15.6 Å². The number of H-pyrrole nitrogens is 1. The predicted molar refractivity (Wildman–Crippen MR) is 121 cm³/mol. The molecule has 5 heteroatoms. The number of hydrogen-bond acceptors (Lipinski definition) is 3. The van der Waals surface area contributed by atoms with Gasteiger partial charge in [-0.25, -0.2) is 5.43 Å². The molecule has 3 aromatic carbocycles. The van der Waals surface area contributed by atoms with Gasteiger partial charge in [0.15, 0.2) is 0 Å². The smallest absolute Gasteiger partial charge is 0.272 e. The van der Waals surface area contributed by atoms with Gasteiger partial charge < -0.3 is 0 Å². The van der Waals surface area contributed by atoms with E-state index in [4.69, 9.17) is 0 Å². The Bertz CT molecular complexity index is 1160. The number of benzene rings is 3. The van der Waals surface area contributed by atoms with Crippen molar-refractivity contribution in [3.05, 3.63) is 108 Å². The van der Waals surface area contributed by atoms with Crippen molar-refractivity contribution in [2.45, 2.75) is 0 Å². The predicted octanol–water partition coefficient (Wildman–Crippen LogP) is 5.17. The molecule has 2 N–H and O–H groups in total. The second-order valence-electron chi connectivity index (χ2n) is 6.60. The first-order chi connectivity index (χ1) is 14.8. The zero-order chi connectivity index (χ0) is 20.6. The molecule has 5 nitrogen and oxygen atoms in total. The number of carbonyl (C=O) groups excluding carboxylic acids is 1. The van der Waals surface area contributed by atoms with Crippen LogP contribution in [0.25, 0.3) is 28.5 Å². The largest absolute Gasteiger partial charge is 0.289 e. The third kappa shape index (κ3) is 4.77. The molecule has 0 aliphatic carbocycles. The molecule has 0 spiro atoms. The van der Waals surface area contributed by atoms with Crippen molar-refractivity contribution >= 4 is 18.2 Å². The first-order valence-electron chi connectivity index (χ1n) is 9.56. The fraction of sp³-hybridized carbons (Fsp3) is 0. The van der Waals surface area contributed by atoms with Crippen LogP contribution in [0, 0.1) is 0 Å². The average Bonchev–Trinajstić information content (AvgIpc) is 3.31.